The number of nitrogens with one attached hydrogen (secondary N) is 1. The van der Waals surface area contributed by atoms with Gasteiger partial charge in [0, 0.05) is 12.1 Å². The minimum atomic E-state index is 0.416. The maximum atomic E-state index is 6.15. The summed E-state index contributed by atoms with van der Waals surface area (Å²) in [4.78, 5) is 8.38. The molecule has 1 unspecified atom stereocenters. The number of anilines is 1. The zero-order chi connectivity index (χ0) is 14.4. The molecule has 0 bridgehead atoms. The fourth-order valence-electron chi connectivity index (χ4n) is 2.16. The standard InChI is InChI=1S/C16H20ClN3/c1-3-7-14-15(17)19-11-20-16(14)18-10-12(2)13-8-5-4-6-9-13/h4-6,8-9,11-12H,3,7,10H2,1-2H3,(H,18,19,20). The summed E-state index contributed by atoms with van der Waals surface area (Å²) >= 11 is 6.15. The summed E-state index contributed by atoms with van der Waals surface area (Å²) in [5.74, 6) is 1.27. The van der Waals surface area contributed by atoms with E-state index in [0.717, 1.165) is 30.8 Å². The molecule has 1 aromatic heterocycles. The fraction of sp³-hybridized carbons (Fsp3) is 0.375. The number of halogens is 1. The molecule has 0 radical (unpaired) electrons. The minimum Gasteiger partial charge on any atom is -0.369 e. The lowest BCUT2D eigenvalue weighted by atomic mass is 10.0. The van der Waals surface area contributed by atoms with Gasteiger partial charge in [-0.15, -0.1) is 0 Å². The summed E-state index contributed by atoms with van der Waals surface area (Å²) in [6.45, 7) is 5.15. The van der Waals surface area contributed by atoms with Gasteiger partial charge in [-0.2, -0.15) is 0 Å². The number of rotatable bonds is 6. The average molecular weight is 290 g/mol. The predicted molar refractivity (Wildman–Crippen MR) is 84.4 cm³/mol. The number of hydrogen-bond donors (Lipinski definition) is 1. The quantitative estimate of drug-likeness (QED) is 0.806. The van der Waals surface area contributed by atoms with Gasteiger partial charge in [-0.25, -0.2) is 9.97 Å². The summed E-state index contributed by atoms with van der Waals surface area (Å²) < 4.78 is 0. The van der Waals surface area contributed by atoms with Crippen LogP contribution in [0.1, 0.15) is 37.3 Å². The van der Waals surface area contributed by atoms with E-state index >= 15 is 0 Å². The first-order chi connectivity index (χ1) is 9.72. The van der Waals surface area contributed by atoms with Gasteiger partial charge in [0.25, 0.3) is 0 Å². The van der Waals surface area contributed by atoms with Crippen molar-refractivity contribution in [1.29, 1.82) is 0 Å². The van der Waals surface area contributed by atoms with Crippen molar-refractivity contribution in [3.8, 4) is 0 Å². The molecule has 0 aliphatic rings. The SMILES string of the molecule is CCCc1c(Cl)ncnc1NCC(C)c1ccccc1. The van der Waals surface area contributed by atoms with Crippen LogP contribution in [0.2, 0.25) is 5.15 Å². The smallest absolute Gasteiger partial charge is 0.137 e. The Labute approximate surface area is 125 Å². The predicted octanol–water partition coefficient (Wildman–Crippen LogP) is 4.30. The van der Waals surface area contributed by atoms with Crippen LogP contribution in [-0.4, -0.2) is 16.5 Å². The van der Waals surface area contributed by atoms with Crippen LogP contribution < -0.4 is 5.32 Å². The summed E-state index contributed by atoms with van der Waals surface area (Å²) in [6.07, 6.45) is 3.43. The zero-order valence-electron chi connectivity index (χ0n) is 11.9. The van der Waals surface area contributed by atoms with Gasteiger partial charge in [0.2, 0.25) is 0 Å². The molecule has 1 atom stereocenters. The van der Waals surface area contributed by atoms with Crippen molar-refractivity contribution in [2.75, 3.05) is 11.9 Å². The third-order valence-electron chi connectivity index (χ3n) is 3.34. The van der Waals surface area contributed by atoms with Gasteiger partial charge < -0.3 is 5.32 Å². The third-order valence-corrected chi connectivity index (χ3v) is 3.66. The first-order valence-corrected chi connectivity index (χ1v) is 7.38. The highest BCUT2D eigenvalue weighted by Crippen LogP contribution is 2.23. The highest BCUT2D eigenvalue weighted by Gasteiger charge is 2.10. The first-order valence-electron chi connectivity index (χ1n) is 7.00. The molecule has 1 aromatic carbocycles. The van der Waals surface area contributed by atoms with E-state index in [4.69, 9.17) is 11.6 Å². The van der Waals surface area contributed by atoms with E-state index in [9.17, 15) is 0 Å². The topological polar surface area (TPSA) is 37.8 Å². The molecule has 1 heterocycles. The Kier molecular flexibility index (Phi) is 5.36. The van der Waals surface area contributed by atoms with Crippen molar-refractivity contribution in [3.05, 3.63) is 52.9 Å². The first kappa shape index (κ1) is 14.8. The summed E-state index contributed by atoms with van der Waals surface area (Å²) in [6, 6.07) is 10.5. The molecule has 20 heavy (non-hydrogen) atoms. The van der Waals surface area contributed by atoms with Crippen molar-refractivity contribution in [3.63, 3.8) is 0 Å². The molecule has 2 rings (SSSR count). The van der Waals surface area contributed by atoms with E-state index in [1.165, 1.54) is 11.9 Å². The molecule has 0 aliphatic heterocycles. The Morgan fingerprint density at radius 3 is 2.65 bits per heavy atom. The number of nitrogens with zero attached hydrogens (tertiary/aromatic N) is 2. The minimum absolute atomic E-state index is 0.416. The number of benzene rings is 1. The van der Waals surface area contributed by atoms with Crippen LogP contribution in [0.25, 0.3) is 0 Å². The van der Waals surface area contributed by atoms with Gasteiger partial charge in [0.15, 0.2) is 0 Å². The Morgan fingerprint density at radius 2 is 1.95 bits per heavy atom. The molecule has 0 saturated heterocycles. The van der Waals surface area contributed by atoms with Gasteiger partial charge in [-0.3, -0.25) is 0 Å². The van der Waals surface area contributed by atoms with Crippen LogP contribution in [-0.2, 0) is 6.42 Å². The monoisotopic (exact) mass is 289 g/mol. The second-order valence-electron chi connectivity index (χ2n) is 4.93. The second kappa shape index (κ2) is 7.25. The molecule has 0 spiro atoms. The molecular weight excluding hydrogens is 270 g/mol. The van der Waals surface area contributed by atoms with Crippen LogP contribution in [0, 0.1) is 0 Å². The zero-order valence-corrected chi connectivity index (χ0v) is 12.7. The van der Waals surface area contributed by atoms with Crippen LogP contribution in [0.15, 0.2) is 36.7 Å². The van der Waals surface area contributed by atoms with E-state index in [2.05, 4.69) is 53.4 Å². The molecule has 0 aliphatic carbocycles. The van der Waals surface area contributed by atoms with Gasteiger partial charge in [-0.1, -0.05) is 62.2 Å². The van der Waals surface area contributed by atoms with Crippen LogP contribution >= 0.6 is 11.6 Å². The lowest BCUT2D eigenvalue weighted by molar-refractivity contribution is 0.795. The Balaban J connectivity index is 2.06. The highest BCUT2D eigenvalue weighted by molar-refractivity contribution is 6.30. The summed E-state index contributed by atoms with van der Waals surface area (Å²) in [7, 11) is 0. The van der Waals surface area contributed by atoms with Gasteiger partial charge >= 0.3 is 0 Å². The fourth-order valence-corrected chi connectivity index (χ4v) is 2.39. The molecule has 106 valence electrons. The number of aromatic nitrogens is 2. The third kappa shape index (κ3) is 3.70. The Morgan fingerprint density at radius 1 is 1.20 bits per heavy atom. The molecule has 0 saturated carbocycles. The lowest BCUT2D eigenvalue weighted by Crippen LogP contribution is -2.13. The van der Waals surface area contributed by atoms with Crippen LogP contribution in [0.3, 0.4) is 0 Å². The second-order valence-corrected chi connectivity index (χ2v) is 5.29. The van der Waals surface area contributed by atoms with E-state index in [0.29, 0.717) is 11.1 Å². The molecule has 1 N–H and O–H groups in total. The lowest BCUT2D eigenvalue weighted by Gasteiger charge is -2.15. The molecular formula is C16H20ClN3. The maximum Gasteiger partial charge on any atom is 0.137 e. The van der Waals surface area contributed by atoms with Gasteiger partial charge in [-0.05, 0) is 17.9 Å². The van der Waals surface area contributed by atoms with Crippen molar-refractivity contribution in [1.82, 2.24) is 9.97 Å². The van der Waals surface area contributed by atoms with Crippen LogP contribution in [0.5, 0.6) is 0 Å². The van der Waals surface area contributed by atoms with Gasteiger partial charge in [0.05, 0.1) is 0 Å². The molecule has 2 aromatic rings. The van der Waals surface area contributed by atoms with E-state index < -0.39 is 0 Å². The largest absolute Gasteiger partial charge is 0.369 e. The average Bonchev–Trinajstić information content (AvgIpc) is 2.48. The Hall–Kier alpha value is -1.61. The molecule has 4 heteroatoms. The van der Waals surface area contributed by atoms with Crippen molar-refractivity contribution >= 4 is 17.4 Å². The van der Waals surface area contributed by atoms with E-state index in [1.54, 1.807) is 0 Å². The van der Waals surface area contributed by atoms with E-state index in [1.807, 2.05) is 6.07 Å². The highest BCUT2D eigenvalue weighted by atomic mass is 35.5. The van der Waals surface area contributed by atoms with Gasteiger partial charge in [0.1, 0.15) is 17.3 Å². The number of hydrogen-bond acceptors (Lipinski definition) is 3. The van der Waals surface area contributed by atoms with Crippen molar-refractivity contribution < 1.29 is 0 Å². The van der Waals surface area contributed by atoms with Crippen LogP contribution in [0.4, 0.5) is 5.82 Å². The molecule has 3 nitrogen and oxygen atoms in total. The normalized spacial score (nSPS) is 12.2. The summed E-state index contributed by atoms with van der Waals surface area (Å²) in [5, 5.41) is 3.95. The maximum absolute atomic E-state index is 6.15. The van der Waals surface area contributed by atoms with Crippen molar-refractivity contribution in [2.45, 2.75) is 32.6 Å². The summed E-state index contributed by atoms with van der Waals surface area (Å²) in [5.41, 5.74) is 2.33. The molecule has 0 fully saturated rings. The van der Waals surface area contributed by atoms with E-state index in [-0.39, 0.29) is 0 Å². The van der Waals surface area contributed by atoms with Crippen molar-refractivity contribution in [2.24, 2.45) is 0 Å². The Bertz CT molecular complexity index is 543. The molecule has 0 amide bonds.